The third-order valence-corrected chi connectivity index (χ3v) is 3.96. The Kier molecular flexibility index (Phi) is 3.58. The molecule has 2 heterocycles. The van der Waals surface area contributed by atoms with Crippen LogP contribution in [-0.2, 0) is 0 Å². The number of carbonyl (C=O) groups is 1. The Morgan fingerprint density at radius 2 is 2.10 bits per heavy atom. The van der Waals surface area contributed by atoms with Crippen LogP contribution in [0.25, 0.3) is 5.69 Å². The van der Waals surface area contributed by atoms with E-state index in [1.54, 1.807) is 22.0 Å². The lowest BCUT2D eigenvalue weighted by atomic mass is 10.3. The first-order valence-electron chi connectivity index (χ1n) is 6.49. The molecule has 0 aliphatic carbocycles. The van der Waals surface area contributed by atoms with Crippen LogP contribution in [0.5, 0.6) is 0 Å². The predicted octanol–water partition coefficient (Wildman–Crippen LogP) is 1.81. The Labute approximate surface area is 125 Å². The highest BCUT2D eigenvalue weighted by Crippen LogP contribution is 2.16. The van der Waals surface area contributed by atoms with Crippen LogP contribution in [0.15, 0.2) is 41.1 Å². The van der Waals surface area contributed by atoms with E-state index in [1.807, 2.05) is 24.3 Å². The molecule has 2 aromatic rings. The number of nitrogens with zero attached hydrogens (tertiary/aromatic N) is 3. The van der Waals surface area contributed by atoms with Gasteiger partial charge in [-0.05, 0) is 30.7 Å². The van der Waals surface area contributed by atoms with Crippen LogP contribution in [0.4, 0.5) is 0 Å². The summed E-state index contributed by atoms with van der Waals surface area (Å²) in [6.07, 6.45) is 4.23. The second-order valence-electron chi connectivity index (χ2n) is 4.95. The molecule has 1 aromatic heterocycles. The molecule has 3 rings (SSSR count). The predicted molar refractivity (Wildman–Crippen MR) is 79.8 cm³/mol. The number of aromatic nitrogens is 2. The number of amides is 1. The van der Waals surface area contributed by atoms with E-state index in [0.717, 1.165) is 23.1 Å². The van der Waals surface area contributed by atoms with Gasteiger partial charge in [0.05, 0.1) is 17.4 Å². The van der Waals surface area contributed by atoms with Gasteiger partial charge in [-0.3, -0.25) is 4.79 Å². The molecule has 1 aliphatic rings. The van der Waals surface area contributed by atoms with Crippen molar-refractivity contribution in [3.05, 3.63) is 46.7 Å². The van der Waals surface area contributed by atoms with Crippen molar-refractivity contribution in [1.82, 2.24) is 14.7 Å². The molecule has 1 atom stereocenters. The van der Waals surface area contributed by atoms with Gasteiger partial charge in [0.1, 0.15) is 0 Å². The number of halogens is 1. The molecule has 0 bridgehead atoms. The number of likely N-dealkylation sites (tertiary alicyclic amines) is 1. The lowest BCUT2D eigenvalue weighted by Gasteiger charge is -2.14. The average Bonchev–Trinajstić information content (AvgIpc) is 3.08. The highest BCUT2D eigenvalue weighted by atomic mass is 79.9. The maximum Gasteiger partial charge on any atom is 0.257 e. The second-order valence-corrected chi connectivity index (χ2v) is 5.87. The molecule has 0 saturated carbocycles. The molecule has 1 amide bonds. The lowest BCUT2D eigenvalue weighted by Crippen LogP contribution is -2.31. The van der Waals surface area contributed by atoms with Gasteiger partial charge in [0.2, 0.25) is 0 Å². The van der Waals surface area contributed by atoms with E-state index in [2.05, 4.69) is 21.0 Å². The Balaban J connectivity index is 1.79. The minimum absolute atomic E-state index is 0.00121. The van der Waals surface area contributed by atoms with Crippen molar-refractivity contribution in [2.24, 2.45) is 5.73 Å². The van der Waals surface area contributed by atoms with E-state index in [-0.39, 0.29) is 11.9 Å². The fourth-order valence-electron chi connectivity index (χ4n) is 2.32. The zero-order valence-corrected chi connectivity index (χ0v) is 12.5. The van der Waals surface area contributed by atoms with Gasteiger partial charge in [-0.1, -0.05) is 15.9 Å². The van der Waals surface area contributed by atoms with Crippen LogP contribution in [0.2, 0.25) is 0 Å². The van der Waals surface area contributed by atoms with Gasteiger partial charge in [0.25, 0.3) is 5.91 Å². The van der Waals surface area contributed by atoms with Crippen LogP contribution >= 0.6 is 15.9 Å². The number of hydrogen-bond acceptors (Lipinski definition) is 3. The standard InChI is InChI=1S/C14H15BrN4O/c15-11-1-3-13(4-2-11)19-8-10(7-17-19)14(20)18-6-5-12(16)9-18/h1-4,7-8,12H,5-6,9,16H2/t12-/m1/s1. The lowest BCUT2D eigenvalue weighted by molar-refractivity contribution is 0.0791. The van der Waals surface area contributed by atoms with E-state index in [0.29, 0.717) is 12.1 Å². The van der Waals surface area contributed by atoms with Crippen molar-refractivity contribution in [1.29, 1.82) is 0 Å². The largest absolute Gasteiger partial charge is 0.337 e. The minimum Gasteiger partial charge on any atom is -0.337 e. The fourth-order valence-corrected chi connectivity index (χ4v) is 2.59. The SMILES string of the molecule is N[C@@H]1CCN(C(=O)c2cnn(-c3ccc(Br)cc3)c2)C1. The molecule has 0 unspecified atom stereocenters. The number of hydrogen-bond donors (Lipinski definition) is 1. The van der Waals surface area contributed by atoms with Crippen LogP contribution in [0.1, 0.15) is 16.8 Å². The Morgan fingerprint density at radius 3 is 2.75 bits per heavy atom. The summed E-state index contributed by atoms with van der Waals surface area (Å²) in [7, 11) is 0. The van der Waals surface area contributed by atoms with E-state index in [4.69, 9.17) is 5.73 Å². The number of benzene rings is 1. The van der Waals surface area contributed by atoms with Gasteiger partial charge >= 0.3 is 0 Å². The monoisotopic (exact) mass is 334 g/mol. The van der Waals surface area contributed by atoms with Crippen molar-refractivity contribution in [3.63, 3.8) is 0 Å². The van der Waals surface area contributed by atoms with E-state index >= 15 is 0 Å². The van der Waals surface area contributed by atoms with Crippen LogP contribution in [-0.4, -0.2) is 39.7 Å². The molecule has 0 spiro atoms. The molecule has 104 valence electrons. The summed E-state index contributed by atoms with van der Waals surface area (Å²) < 4.78 is 2.71. The van der Waals surface area contributed by atoms with Crippen LogP contribution < -0.4 is 5.73 Å². The minimum atomic E-state index is 0.00121. The first-order valence-corrected chi connectivity index (χ1v) is 7.28. The van der Waals surface area contributed by atoms with Crippen molar-refractivity contribution in [3.8, 4) is 5.69 Å². The van der Waals surface area contributed by atoms with Gasteiger partial charge in [0.15, 0.2) is 0 Å². The summed E-state index contributed by atoms with van der Waals surface area (Å²) in [6, 6.07) is 7.87. The molecule has 1 aromatic carbocycles. The Hall–Kier alpha value is -1.66. The Morgan fingerprint density at radius 1 is 1.35 bits per heavy atom. The zero-order chi connectivity index (χ0) is 14.1. The summed E-state index contributed by atoms with van der Waals surface area (Å²) in [5.74, 6) is 0.00121. The van der Waals surface area contributed by atoms with E-state index in [1.165, 1.54) is 0 Å². The summed E-state index contributed by atoms with van der Waals surface area (Å²) in [6.45, 7) is 1.35. The molecule has 1 aliphatic heterocycles. The average molecular weight is 335 g/mol. The second kappa shape index (κ2) is 5.38. The number of carbonyl (C=O) groups excluding carboxylic acids is 1. The topological polar surface area (TPSA) is 64.2 Å². The first kappa shape index (κ1) is 13.3. The Bertz CT molecular complexity index is 622. The molecule has 2 N–H and O–H groups in total. The maximum absolute atomic E-state index is 12.3. The van der Waals surface area contributed by atoms with Crippen molar-refractivity contribution in [2.75, 3.05) is 13.1 Å². The molecule has 20 heavy (non-hydrogen) atoms. The summed E-state index contributed by atoms with van der Waals surface area (Å²) in [5.41, 5.74) is 7.35. The third kappa shape index (κ3) is 2.62. The van der Waals surface area contributed by atoms with Gasteiger partial charge in [-0.25, -0.2) is 4.68 Å². The molecular weight excluding hydrogens is 320 g/mol. The van der Waals surface area contributed by atoms with Gasteiger partial charge in [0, 0.05) is 29.8 Å². The molecule has 1 fully saturated rings. The zero-order valence-electron chi connectivity index (χ0n) is 10.9. The van der Waals surface area contributed by atoms with E-state index in [9.17, 15) is 4.79 Å². The van der Waals surface area contributed by atoms with Crippen molar-refractivity contribution in [2.45, 2.75) is 12.5 Å². The molecule has 6 heteroatoms. The number of nitrogens with two attached hydrogens (primary N) is 1. The molecule has 0 radical (unpaired) electrons. The van der Waals surface area contributed by atoms with Crippen LogP contribution in [0, 0.1) is 0 Å². The van der Waals surface area contributed by atoms with Gasteiger partial charge < -0.3 is 10.6 Å². The molecular formula is C14H15BrN4O. The normalized spacial score (nSPS) is 18.5. The van der Waals surface area contributed by atoms with Crippen molar-refractivity contribution >= 4 is 21.8 Å². The molecule has 5 nitrogen and oxygen atoms in total. The smallest absolute Gasteiger partial charge is 0.257 e. The maximum atomic E-state index is 12.3. The van der Waals surface area contributed by atoms with Crippen LogP contribution in [0.3, 0.4) is 0 Å². The van der Waals surface area contributed by atoms with E-state index < -0.39 is 0 Å². The fraction of sp³-hybridized carbons (Fsp3) is 0.286. The quantitative estimate of drug-likeness (QED) is 0.910. The summed E-state index contributed by atoms with van der Waals surface area (Å²) >= 11 is 3.39. The van der Waals surface area contributed by atoms with Gasteiger partial charge in [-0.15, -0.1) is 0 Å². The first-order chi connectivity index (χ1) is 9.63. The highest BCUT2D eigenvalue weighted by Gasteiger charge is 2.25. The third-order valence-electron chi connectivity index (χ3n) is 3.43. The highest BCUT2D eigenvalue weighted by molar-refractivity contribution is 9.10. The number of rotatable bonds is 2. The summed E-state index contributed by atoms with van der Waals surface area (Å²) in [4.78, 5) is 14.1. The van der Waals surface area contributed by atoms with Gasteiger partial charge in [-0.2, -0.15) is 5.10 Å². The molecule has 1 saturated heterocycles. The summed E-state index contributed by atoms with van der Waals surface area (Å²) in [5, 5.41) is 4.25. The van der Waals surface area contributed by atoms with Crippen molar-refractivity contribution < 1.29 is 4.79 Å².